The van der Waals surface area contributed by atoms with Gasteiger partial charge in [0.15, 0.2) is 5.82 Å². The lowest BCUT2D eigenvalue weighted by molar-refractivity contribution is -0.126. The predicted octanol–water partition coefficient (Wildman–Crippen LogP) is 5.65. The average Bonchev–Trinajstić information content (AvgIpc) is 3.64. The highest BCUT2D eigenvalue weighted by Gasteiger charge is 2.37. The molecule has 11 heteroatoms. The smallest absolute Gasteiger partial charge is 0.319 e. The highest BCUT2D eigenvalue weighted by Crippen LogP contribution is 2.38. The third-order valence-electron chi connectivity index (χ3n) is 9.17. The summed E-state index contributed by atoms with van der Waals surface area (Å²) in [7, 11) is 3.70. The molecule has 46 heavy (non-hydrogen) atoms. The third-order valence-corrected chi connectivity index (χ3v) is 9.17. The molecular formula is C35H33F3N6O2. The second-order valence-electron chi connectivity index (χ2n) is 11.8. The number of anilines is 1. The maximum absolute atomic E-state index is 16.7. The Kier molecular flexibility index (Phi) is 8.40. The van der Waals surface area contributed by atoms with Crippen molar-refractivity contribution in [3.05, 3.63) is 78.3 Å². The summed E-state index contributed by atoms with van der Waals surface area (Å²) in [6.07, 6.45) is 10.2. The molecule has 2 aliphatic rings. The van der Waals surface area contributed by atoms with Crippen molar-refractivity contribution in [3.8, 4) is 29.6 Å². The van der Waals surface area contributed by atoms with Crippen LogP contribution in [-0.2, 0) is 4.79 Å². The Balaban J connectivity index is 1.48. The van der Waals surface area contributed by atoms with Crippen LogP contribution >= 0.6 is 0 Å². The van der Waals surface area contributed by atoms with Crippen LogP contribution in [0.1, 0.15) is 25.3 Å². The molecule has 3 atom stereocenters. The molecule has 0 saturated carbocycles. The highest BCUT2D eigenvalue weighted by atomic mass is 19.1. The van der Waals surface area contributed by atoms with Crippen molar-refractivity contribution in [2.75, 3.05) is 38.7 Å². The Morgan fingerprint density at radius 3 is 2.78 bits per heavy atom. The number of pyridine rings is 1. The molecule has 2 fully saturated rings. The van der Waals surface area contributed by atoms with E-state index in [0.29, 0.717) is 65.4 Å². The van der Waals surface area contributed by atoms with Gasteiger partial charge >= 0.3 is 6.01 Å². The quantitative estimate of drug-likeness (QED) is 0.194. The van der Waals surface area contributed by atoms with E-state index < -0.39 is 11.6 Å². The minimum Gasteiger partial charge on any atom is -0.462 e. The SMILES string of the molecule is C#Cc1c(F)ccc2cccc(-c3ncc4c(N(C)[C@@H]5CCN(C(=O)C=C)C5C)nc(OC[C@H]5C/C(=C\F)CN5C)nc4c3F)c12. The number of nitrogens with zero attached hydrogens (tertiary/aromatic N) is 6. The van der Waals surface area contributed by atoms with Gasteiger partial charge in [0.1, 0.15) is 29.5 Å². The minimum atomic E-state index is -0.748. The lowest BCUT2D eigenvalue weighted by atomic mass is 9.96. The molecule has 8 nitrogen and oxygen atoms in total. The number of carbonyl (C=O) groups excluding carboxylic acids is 1. The van der Waals surface area contributed by atoms with Gasteiger partial charge in [0, 0.05) is 49.4 Å². The van der Waals surface area contributed by atoms with Crippen molar-refractivity contribution in [3.63, 3.8) is 0 Å². The molecule has 2 aromatic carbocycles. The average molecular weight is 627 g/mol. The Bertz CT molecular complexity index is 1940. The third kappa shape index (κ3) is 5.32. The van der Waals surface area contributed by atoms with Gasteiger partial charge in [-0.15, -0.1) is 6.42 Å². The predicted molar refractivity (Wildman–Crippen MR) is 172 cm³/mol. The number of likely N-dealkylation sites (tertiary alicyclic amines) is 2. The Hall–Kier alpha value is -4.95. The van der Waals surface area contributed by atoms with E-state index in [1.54, 1.807) is 29.2 Å². The Labute approximate surface area is 265 Å². The number of fused-ring (bicyclic) bond motifs is 2. The van der Waals surface area contributed by atoms with Crippen molar-refractivity contribution < 1.29 is 22.7 Å². The standard InChI is InChI=1S/C35H33F3N6O2/c1-6-24-27(37)12-11-22-9-8-10-25(30(22)24)32-31(38)33-26(17-39-32)34(43(5)28-13-14-44(20(28)3)29(45)7-2)41-35(40-33)46-19-23-15-21(16-36)18-42(23)4/h1,7-12,16-17,20,23,28H,2,13-15,18-19H2,3-5H3/b21-16+/t20?,23-,28-/m1/s1. The molecule has 4 aromatic rings. The number of aromatic nitrogens is 3. The first kappa shape index (κ1) is 31.0. The Morgan fingerprint density at radius 2 is 2.07 bits per heavy atom. The van der Waals surface area contributed by atoms with Crippen LogP contribution in [0.5, 0.6) is 6.01 Å². The monoisotopic (exact) mass is 626 g/mol. The first-order valence-electron chi connectivity index (χ1n) is 15.0. The molecule has 0 N–H and O–H groups in total. The number of rotatable bonds is 7. The van der Waals surface area contributed by atoms with E-state index in [1.807, 2.05) is 30.8 Å². The number of ether oxygens (including phenoxy) is 1. The summed E-state index contributed by atoms with van der Waals surface area (Å²) in [6, 6.07) is 7.48. The summed E-state index contributed by atoms with van der Waals surface area (Å²) in [5.74, 6) is 1.26. The van der Waals surface area contributed by atoms with Crippen LogP contribution in [0.4, 0.5) is 19.0 Å². The molecule has 0 spiro atoms. The van der Waals surface area contributed by atoms with Gasteiger partial charge in [0.2, 0.25) is 5.91 Å². The van der Waals surface area contributed by atoms with E-state index in [4.69, 9.17) is 16.1 Å². The molecule has 0 radical (unpaired) electrons. The van der Waals surface area contributed by atoms with Crippen molar-refractivity contribution in [1.29, 1.82) is 0 Å². The minimum absolute atomic E-state index is 0.0118. The number of hydrogen-bond donors (Lipinski definition) is 0. The van der Waals surface area contributed by atoms with Crippen LogP contribution in [0.2, 0.25) is 0 Å². The second-order valence-corrected chi connectivity index (χ2v) is 11.8. The molecular weight excluding hydrogens is 593 g/mol. The zero-order valence-corrected chi connectivity index (χ0v) is 25.8. The number of benzene rings is 2. The maximum Gasteiger partial charge on any atom is 0.319 e. The van der Waals surface area contributed by atoms with Gasteiger partial charge < -0.3 is 14.5 Å². The Morgan fingerprint density at radius 1 is 1.26 bits per heavy atom. The topological polar surface area (TPSA) is 74.7 Å². The fourth-order valence-electron chi connectivity index (χ4n) is 6.67. The first-order chi connectivity index (χ1) is 22.2. The molecule has 236 valence electrons. The molecule has 1 unspecified atom stereocenters. The van der Waals surface area contributed by atoms with Gasteiger partial charge in [0.05, 0.1) is 23.3 Å². The van der Waals surface area contributed by atoms with Gasteiger partial charge in [-0.25, -0.2) is 13.2 Å². The zero-order valence-electron chi connectivity index (χ0n) is 25.8. The summed E-state index contributed by atoms with van der Waals surface area (Å²) in [6.45, 7) is 6.71. The van der Waals surface area contributed by atoms with Gasteiger partial charge in [-0.3, -0.25) is 14.7 Å². The van der Waals surface area contributed by atoms with E-state index in [1.165, 1.54) is 18.3 Å². The molecule has 1 amide bonds. The van der Waals surface area contributed by atoms with E-state index in [9.17, 15) is 13.6 Å². The fraction of sp³-hybridized carbons (Fsp3) is 0.314. The van der Waals surface area contributed by atoms with E-state index in [2.05, 4.69) is 22.5 Å². The maximum atomic E-state index is 16.7. The summed E-state index contributed by atoms with van der Waals surface area (Å²) >= 11 is 0. The summed E-state index contributed by atoms with van der Waals surface area (Å²) < 4.78 is 50.8. The number of terminal acetylenes is 1. The number of amides is 1. The zero-order chi connectivity index (χ0) is 32.7. The molecule has 6 rings (SSSR count). The number of hydrogen-bond acceptors (Lipinski definition) is 7. The summed E-state index contributed by atoms with van der Waals surface area (Å²) in [4.78, 5) is 31.8. The molecule has 0 aliphatic carbocycles. The first-order valence-corrected chi connectivity index (χ1v) is 15.0. The van der Waals surface area contributed by atoms with Crippen molar-refractivity contribution in [1.82, 2.24) is 24.8 Å². The van der Waals surface area contributed by atoms with Crippen molar-refractivity contribution >= 4 is 33.4 Å². The van der Waals surface area contributed by atoms with Gasteiger partial charge in [-0.2, -0.15) is 9.97 Å². The van der Waals surface area contributed by atoms with Gasteiger partial charge in [0.25, 0.3) is 0 Å². The van der Waals surface area contributed by atoms with Crippen LogP contribution in [-0.4, -0.2) is 82.6 Å². The van der Waals surface area contributed by atoms with Crippen LogP contribution in [0.15, 0.2) is 61.1 Å². The molecule has 2 aromatic heterocycles. The van der Waals surface area contributed by atoms with Crippen LogP contribution in [0.25, 0.3) is 32.9 Å². The van der Waals surface area contributed by atoms with Gasteiger partial charge in [-0.1, -0.05) is 36.8 Å². The largest absolute Gasteiger partial charge is 0.462 e. The molecule has 0 bridgehead atoms. The molecule has 2 aliphatic heterocycles. The van der Waals surface area contributed by atoms with Crippen LogP contribution in [0, 0.1) is 24.0 Å². The summed E-state index contributed by atoms with van der Waals surface area (Å²) in [5.41, 5.74) is 0.897. The normalized spacial score (nSPS) is 20.8. The van der Waals surface area contributed by atoms with E-state index >= 15 is 4.39 Å². The fourth-order valence-corrected chi connectivity index (χ4v) is 6.67. The lowest BCUT2D eigenvalue weighted by Gasteiger charge is -2.32. The van der Waals surface area contributed by atoms with Gasteiger partial charge in [-0.05, 0) is 49.9 Å². The summed E-state index contributed by atoms with van der Waals surface area (Å²) in [5, 5.41) is 1.34. The van der Waals surface area contributed by atoms with Crippen LogP contribution in [0.3, 0.4) is 0 Å². The lowest BCUT2D eigenvalue weighted by Crippen LogP contribution is -2.43. The molecule has 2 saturated heterocycles. The second kappa shape index (κ2) is 12.4. The van der Waals surface area contributed by atoms with Crippen molar-refractivity contribution in [2.45, 2.75) is 37.9 Å². The van der Waals surface area contributed by atoms with E-state index in [0.717, 1.165) is 0 Å². The number of likely N-dealkylation sites (N-methyl/N-ethyl adjacent to an activating group) is 2. The van der Waals surface area contributed by atoms with E-state index in [-0.39, 0.29) is 53.4 Å². The van der Waals surface area contributed by atoms with Crippen LogP contribution < -0.4 is 9.64 Å². The van der Waals surface area contributed by atoms with Crippen molar-refractivity contribution in [2.24, 2.45) is 0 Å². The highest BCUT2D eigenvalue weighted by molar-refractivity contribution is 6.02. The molecule has 4 heterocycles. The number of halogens is 3. The number of carbonyl (C=O) groups is 1.